The highest BCUT2D eigenvalue weighted by molar-refractivity contribution is 6.33. The summed E-state index contributed by atoms with van der Waals surface area (Å²) in [6, 6.07) is 14.7. The molecule has 35 heavy (non-hydrogen) atoms. The molecule has 5 rings (SSSR count). The molecule has 1 fully saturated rings. The van der Waals surface area contributed by atoms with Crippen LogP contribution < -0.4 is 22.1 Å². The van der Waals surface area contributed by atoms with Crippen molar-refractivity contribution in [2.45, 2.75) is 6.10 Å². The molecule has 4 aromatic rings. The minimum absolute atomic E-state index is 0.0908. The first-order chi connectivity index (χ1) is 16.9. The Morgan fingerprint density at radius 3 is 2.74 bits per heavy atom. The van der Waals surface area contributed by atoms with Crippen molar-refractivity contribution in [2.75, 3.05) is 36.1 Å². The van der Waals surface area contributed by atoms with Gasteiger partial charge in [0.05, 0.1) is 30.7 Å². The molecule has 0 bridgehead atoms. The van der Waals surface area contributed by atoms with Crippen LogP contribution in [0.15, 0.2) is 54.7 Å². The van der Waals surface area contributed by atoms with E-state index in [0.29, 0.717) is 53.3 Å². The van der Waals surface area contributed by atoms with Crippen LogP contribution in [0.3, 0.4) is 0 Å². The predicted molar refractivity (Wildman–Crippen MR) is 137 cm³/mol. The van der Waals surface area contributed by atoms with E-state index in [9.17, 15) is 0 Å². The highest BCUT2D eigenvalue weighted by atomic mass is 35.5. The van der Waals surface area contributed by atoms with Crippen molar-refractivity contribution in [2.24, 2.45) is 5.73 Å². The molecule has 0 radical (unpaired) electrons. The second-order valence-corrected chi connectivity index (χ2v) is 8.56. The van der Waals surface area contributed by atoms with Crippen molar-refractivity contribution in [1.82, 2.24) is 19.9 Å². The number of halogens is 1. The van der Waals surface area contributed by atoms with E-state index in [1.54, 1.807) is 24.4 Å². The van der Waals surface area contributed by atoms with Gasteiger partial charge in [0.15, 0.2) is 0 Å². The van der Waals surface area contributed by atoms with Crippen molar-refractivity contribution in [3.63, 3.8) is 0 Å². The Labute approximate surface area is 206 Å². The number of rotatable bonds is 5. The van der Waals surface area contributed by atoms with E-state index in [1.165, 1.54) is 0 Å². The number of hydrogen-bond acceptors (Lipinski definition) is 8. The summed E-state index contributed by atoms with van der Waals surface area (Å²) in [5.41, 5.74) is 21.6. The number of aromatic nitrogens is 4. The standard InChI is InChI=1S/C24H24ClN9O/c25-16-4-2-1-3-14(16)19-11-30-23(31-19)20-12-34(7-8-35-20)21-10-18(32-24(29)33-21)13-5-6-15(22(27)28)17(26)9-13/h1-6,9-11,20H,7-8,12,26H2,(H3,27,28)(H,30,31)(H2,29,32,33). The Morgan fingerprint density at radius 2 is 1.97 bits per heavy atom. The quantitative estimate of drug-likeness (QED) is 0.162. The Morgan fingerprint density at radius 1 is 1.14 bits per heavy atom. The molecule has 1 saturated heterocycles. The Hall–Kier alpha value is -4.15. The lowest BCUT2D eigenvalue weighted by Crippen LogP contribution is -2.39. The maximum Gasteiger partial charge on any atom is 0.222 e. The number of H-pyrrole nitrogens is 1. The third kappa shape index (κ3) is 4.61. The summed E-state index contributed by atoms with van der Waals surface area (Å²) in [5.74, 6) is 1.44. The summed E-state index contributed by atoms with van der Waals surface area (Å²) in [5, 5.41) is 8.27. The zero-order valence-electron chi connectivity index (χ0n) is 18.7. The van der Waals surface area contributed by atoms with E-state index in [-0.39, 0.29) is 17.9 Å². The van der Waals surface area contributed by atoms with Gasteiger partial charge in [0, 0.05) is 40.0 Å². The lowest BCUT2D eigenvalue weighted by molar-refractivity contribution is 0.0343. The number of amidine groups is 1. The molecule has 0 aliphatic carbocycles. The summed E-state index contributed by atoms with van der Waals surface area (Å²) in [6.45, 7) is 1.65. The van der Waals surface area contributed by atoms with E-state index in [2.05, 4.69) is 24.8 Å². The van der Waals surface area contributed by atoms with Crippen LogP contribution >= 0.6 is 11.6 Å². The minimum atomic E-state index is -0.287. The number of aromatic amines is 1. The van der Waals surface area contributed by atoms with Gasteiger partial charge in [-0.25, -0.2) is 9.97 Å². The molecule has 1 atom stereocenters. The molecule has 1 unspecified atom stereocenters. The molecule has 8 N–H and O–H groups in total. The van der Waals surface area contributed by atoms with Gasteiger partial charge >= 0.3 is 0 Å². The molecule has 2 aromatic heterocycles. The number of hydrogen-bond donors (Lipinski definition) is 5. The number of benzene rings is 2. The number of nitrogen functional groups attached to an aromatic ring is 3. The predicted octanol–water partition coefficient (Wildman–Crippen LogP) is 3.21. The van der Waals surface area contributed by atoms with Crippen LogP contribution in [-0.2, 0) is 4.74 Å². The number of morpholine rings is 1. The molecule has 1 aliphatic heterocycles. The van der Waals surface area contributed by atoms with Gasteiger partial charge in [0.25, 0.3) is 0 Å². The number of nitrogens with one attached hydrogen (secondary N) is 2. The summed E-state index contributed by atoms with van der Waals surface area (Å²) < 4.78 is 6.00. The molecule has 1 aliphatic rings. The summed E-state index contributed by atoms with van der Waals surface area (Å²) in [4.78, 5) is 18.8. The van der Waals surface area contributed by atoms with Crippen LogP contribution in [0, 0.1) is 5.41 Å². The van der Waals surface area contributed by atoms with Gasteiger partial charge in [0.2, 0.25) is 5.95 Å². The van der Waals surface area contributed by atoms with E-state index in [0.717, 1.165) is 16.8 Å². The second-order valence-electron chi connectivity index (χ2n) is 8.15. The topological polar surface area (TPSA) is 169 Å². The molecule has 178 valence electrons. The molecular formula is C24H24ClN9O. The van der Waals surface area contributed by atoms with Crippen LogP contribution in [0.2, 0.25) is 5.02 Å². The van der Waals surface area contributed by atoms with Gasteiger partial charge in [0.1, 0.15) is 23.6 Å². The maximum absolute atomic E-state index is 7.62. The SMILES string of the molecule is N=C(N)c1ccc(-c2cc(N3CCOC(c4ncc(-c5ccccc5Cl)[nH]4)C3)nc(N)n2)cc1N. The highest BCUT2D eigenvalue weighted by Crippen LogP contribution is 2.31. The fourth-order valence-corrected chi connectivity index (χ4v) is 4.31. The fraction of sp³-hybridized carbons (Fsp3) is 0.167. The van der Waals surface area contributed by atoms with Crippen molar-refractivity contribution >= 4 is 34.9 Å². The summed E-state index contributed by atoms with van der Waals surface area (Å²) in [6.07, 6.45) is 1.47. The first kappa shape index (κ1) is 22.6. The van der Waals surface area contributed by atoms with Gasteiger partial charge in [-0.3, -0.25) is 5.41 Å². The van der Waals surface area contributed by atoms with Crippen molar-refractivity contribution < 1.29 is 4.74 Å². The summed E-state index contributed by atoms with van der Waals surface area (Å²) >= 11 is 6.33. The highest BCUT2D eigenvalue weighted by Gasteiger charge is 2.26. The average Bonchev–Trinajstić information content (AvgIpc) is 3.34. The molecular weight excluding hydrogens is 466 g/mol. The van der Waals surface area contributed by atoms with Crippen molar-refractivity contribution in [3.8, 4) is 22.5 Å². The number of imidazole rings is 1. The van der Waals surface area contributed by atoms with Crippen LogP contribution in [0.1, 0.15) is 17.5 Å². The first-order valence-electron chi connectivity index (χ1n) is 10.9. The van der Waals surface area contributed by atoms with Crippen LogP contribution in [0.5, 0.6) is 0 Å². The molecule has 11 heteroatoms. The molecule has 2 aromatic carbocycles. The van der Waals surface area contributed by atoms with Crippen molar-refractivity contribution in [1.29, 1.82) is 5.41 Å². The van der Waals surface area contributed by atoms with Gasteiger partial charge < -0.3 is 31.8 Å². The zero-order valence-corrected chi connectivity index (χ0v) is 19.5. The Bertz CT molecular complexity index is 1400. The molecule has 0 saturated carbocycles. The normalized spacial score (nSPS) is 15.8. The van der Waals surface area contributed by atoms with Gasteiger partial charge in [-0.2, -0.15) is 4.98 Å². The zero-order chi connectivity index (χ0) is 24.5. The van der Waals surface area contributed by atoms with Gasteiger partial charge in [-0.05, 0) is 18.2 Å². The third-order valence-electron chi connectivity index (χ3n) is 5.82. The lowest BCUT2D eigenvalue weighted by atomic mass is 10.1. The van der Waals surface area contributed by atoms with E-state index < -0.39 is 0 Å². The average molecular weight is 490 g/mol. The number of anilines is 3. The van der Waals surface area contributed by atoms with Crippen molar-refractivity contribution in [3.05, 3.63) is 71.1 Å². The number of nitrogens with two attached hydrogens (primary N) is 3. The Kier molecular flexibility index (Phi) is 5.98. The van der Waals surface area contributed by atoms with Gasteiger partial charge in [-0.1, -0.05) is 35.9 Å². The first-order valence-corrected chi connectivity index (χ1v) is 11.3. The van der Waals surface area contributed by atoms with E-state index in [1.807, 2.05) is 30.3 Å². The smallest absolute Gasteiger partial charge is 0.222 e. The largest absolute Gasteiger partial charge is 0.398 e. The van der Waals surface area contributed by atoms with Gasteiger partial charge in [-0.15, -0.1) is 0 Å². The fourth-order valence-electron chi connectivity index (χ4n) is 4.07. The number of ether oxygens (including phenoxy) is 1. The molecule has 3 heterocycles. The van der Waals surface area contributed by atoms with E-state index >= 15 is 0 Å². The third-order valence-corrected chi connectivity index (χ3v) is 6.15. The van der Waals surface area contributed by atoms with Crippen LogP contribution in [0.25, 0.3) is 22.5 Å². The lowest BCUT2D eigenvalue weighted by Gasteiger charge is -2.33. The monoisotopic (exact) mass is 489 g/mol. The molecule has 0 amide bonds. The second kappa shape index (κ2) is 9.24. The molecule has 10 nitrogen and oxygen atoms in total. The Balaban J connectivity index is 1.40. The van der Waals surface area contributed by atoms with E-state index in [4.69, 9.17) is 38.9 Å². The van der Waals surface area contributed by atoms with Crippen LogP contribution in [-0.4, -0.2) is 45.5 Å². The summed E-state index contributed by atoms with van der Waals surface area (Å²) in [7, 11) is 0. The number of nitrogens with zero attached hydrogens (tertiary/aromatic N) is 4. The molecule has 0 spiro atoms. The maximum atomic E-state index is 7.62. The van der Waals surface area contributed by atoms with Crippen LogP contribution in [0.4, 0.5) is 17.5 Å². The minimum Gasteiger partial charge on any atom is -0.398 e.